The van der Waals surface area contributed by atoms with E-state index in [0.717, 1.165) is 12.8 Å². The van der Waals surface area contributed by atoms with Gasteiger partial charge in [0.25, 0.3) is 0 Å². The summed E-state index contributed by atoms with van der Waals surface area (Å²) in [6, 6.07) is 10.1. The smallest absolute Gasteiger partial charge is 0.305 e. The Morgan fingerprint density at radius 2 is 1.89 bits per heavy atom. The van der Waals surface area contributed by atoms with E-state index in [1.165, 1.54) is 38.6 Å². The normalized spacial score (nSPS) is 13.6. The second-order valence-electron chi connectivity index (χ2n) is 4.37. The number of rotatable bonds is 4. The maximum atomic E-state index is 10.8. The second kappa shape index (κ2) is 9.66. The number of esters is 1. The van der Waals surface area contributed by atoms with Gasteiger partial charge in [0, 0.05) is 6.42 Å². The van der Waals surface area contributed by atoms with E-state index >= 15 is 0 Å². The zero-order chi connectivity index (χ0) is 13.1. The second-order valence-corrected chi connectivity index (χ2v) is 4.37. The Hall–Kier alpha value is -1.35. The fourth-order valence-electron chi connectivity index (χ4n) is 1.81. The van der Waals surface area contributed by atoms with Gasteiger partial charge in [-0.3, -0.25) is 4.79 Å². The number of carbonyl (C=O) groups is 1. The number of ether oxygens (including phenoxy) is 1. The van der Waals surface area contributed by atoms with E-state index in [9.17, 15) is 4.79 Å². The fraction of sp³-hybridized carbons (Fsp3) is 0.533. The molecule has 1 aliphatic heterocycles. The van der Waals surface area contributed by atoms with Gasteiger partial charge in [0.1, 0.15) is 0 Å². The lowest BCUT2D eigenvalue weighted by Crippen LogP contribution is -2.03. The molecule has 1 aromatic carbocycles. The molecule has 18 heavy (non-hydrogen) atoms. The van der Waals surface area contributed by atoms with Gasteiger partial charge in [0.15, 0.2) is 0 Å². The third kappa shape index (κ3) is 7.07. The molecule has 0 bridgehead atoms. The molecular formula is C15H23NO2. The van der Waals surface area contributed by atoms with Gasteiger partial charge < -0.3 is 10.1 Å². The highest BCUT2D eigenvalue weighted by atomic mass is 16.5. The summed E-state index contributed by atoms with van der Waals surface area (Å²) in [4.78, 5) is 10.8. The molecule has 3 heteroatoms. The van der Waals surface area contributed by atoms with Gasteiger partial charge in [-0.05, 0) is 44.3 Å². The van der Waals surface area contributed by atoms with Crippen molar-refractivity contribution in [1.82, 2.24) is 5.32 Å². The molecule has 0 unspecified atom stereocenters. The Morgan fingerprint density at radius 1 is 1.22 bits per heavy atom. The maximum Gasteiger partial charge on any atom is 0.305 e. The van der Waals surface area contributed by atoms with Crippen molar-refractivity contribution in [1.29, 1.82) is 0 Å². The molecule has 100 valence electrons. The monoisotopic (exact) mass is 249 g/mol. The van der Waals surface area contributed by atoms with E-state index in [0.29, 0.717) is 6.42 Å². The Kier molecular flexibility index (Phi) is 7.89. The van der Waals surface area contributed by atoms with Crippen LogP contribution in [-0.2, 0) is 16.0 Å². The molecule has 1 N–H and O–H groups in total. The summed E-state index contributed by atoms with van der Waals surface area (Å²) < 4.78 is 4.55. The SMILES string of the molecule is C1CCNC1.COC(=O)CCCc1ccccc1. The Bertz CT molecular complexity index is 313. The minimum Gasteiger partial charge on any atom is -0.469 e. The predicted molar refractivity (Wildman–Crippen MR) is 73.5 cm³/mol. The lowest BCUT2D eigenvalue weighted by Gasteiger charge is -1.99. The van der Waals surface area contributed by atoms with Gasteiger partial charge in [-0.15, -0.1) is 0 Å². The zero-order valence-electron chi connectivity index (χ0n) is 11.2. The van der Waals surface area contributed by atoms with Crippen LogP contribution in [0.4, 0.5) is 0 Å². The Balaban J connectivity index is 0.000000269. The van der Waals surface area contributed by atoms with Crippen molar-refractivity contribution >= 4 is 5.97 Å². The van der Waals surface area contributed by atoms with Crippen molar-refractivity contribution < 1.29 is 9.53 Å². The molecule has 0 aromatic heterocycles. The van der Waals surface area contributed by atoms with Crippen LogP contribution in [0.2, 0.25) is 0 Å². The van der Waals surface area contributed by atoms with Gasteiger partial charge in [0.05, 0.1) is 7.11 Å². The number of aryl methyl sites for hydroxylation is 1. The summed E-state index contributed by atoms with van der Waals surface area (Å²) in [5.74, 6) is -0.129. The summed E-state index contributed by atoms with van der Waals surface area (Å²) >= 11 is 0. The van der Waals surface area contributed by atoms with Crippen molar-refractivity contribution in [3.63, 3.8) is 0 Å². The van der Waals surface area contributed by atoms with Crippen molar-refractivity contribution in [2.75, 3.05) is 20.2 Å². The first kappa shape index (κ1) is 14.7. The summed E-state index contributed by atoms with van der Waals surface area (Å²) in [5.41, 5.74) is 1.27. The van der Waals surface area contributed by atoms with E-state index in [2.05, 4.69) is 22.2 Å². The highest BCUT2D eigenvalue weighted by molar-refractivity contribution is 5.69. The van der Waals surface area contributed by atoms with Crippen LogP contribution in [0.5, 0.6) is 0 Å². The first-order valence-corrected chi connectivity index (χ1v) is 6.64. The van der Waals surface area contributed by atoms with Gasteiger partial charge in [-0.25, -0.2) is 0 Å². The molecule has 0 radical (unpaired) electrons. The standard InChI is InChI=1S/C11H14O2.C4H9N/c1-13-11(12)9-5-8-10-6-3-2-4-7-10;1-2-4-5-3-1/h2-4,6-7H,5,8-9H2,1H3;5H,1-4H2. The highest BCUT2D eigenvalue weighted by Crippen LogP contribution is 2.04. The summed E-state index contributed by atoms with van der Waals surface area (Å²) in [6.45, 7) is 2.50. The van der Waals surface area contributed by atoms with E-state index < -0.39 is 0 Å². The van der Waals surface area contributed by atoms with Crippen LogP contribution in [-0.4, -0.2) is 26.2 Å². The largest absolute Gasteiger partial charge is 0.469 e. The molecule has 1 aromatic rings. The lowest BCUT2D eigenvalue weighted by molar-refractivity contribution is -0.140. The molecule has 1 heterocycles. The average molecular weight is 249 g/mol. The molecule has 0 aliphatic carbocycles. The van der Waals surface area contributed by atoms with E-state index in [4.69, 9.17) is 0 Å². The maximum absolute atomic E-state index is 10.8. The molecule has 0 saturated carbocycles. The third-order valence-electron chi connectivity index (χ3n) is 2.87. The van der Waals surface area contributed by atoms with Crippen LogP contribution >= 0.6 is 0 Å². The van der Waals surface area contributed by atoms with Gasteiger partial charge >= 0.3 is 5.97 Å². The topological polar surface area (TPSA) is 38.3 Å². The number of nitrogens with one attached hydrogen (secondary N) is 1. The van der Waals surface area contributed by atoms with E-state index in [1.807, 2.05) is 18.2 Å². The molecule has 0 spiro atoms. The zero-order valence-corrected chi connectivity index (χ0v) is 11.2. The van der Waals surface area contributed by atoms with Crippen LogP contribution in [0, 0.1) is 0 Å². The quantitative estimate of drug-likeness (QED) is 0.833. The molecule has 3 nitrogen and oxygen atoms in total. The molecule has 0 atom stereocenters. The van der Waals surface area contributed by atoms with E-state index in [-0.39, 0.29) is 5.97 Å². The summed E-state index contributed by atoms with van der Waals surface area (Å²) in [5, 5.41) is 3.22. The molecule has 0 amide bonds. The predicted octanol–water partition coefficient (Wildman–Crippen LogP) is 2.55. The first-order valence-electron chi connectivity index (χ1n) is 6.64. The summed E-state index contributed by atoms with van der Waals surface area (Å²) in [6.07, 6.45) is 5.08. The minimum atomic E-state index is -0.129. The van der Waals surface area contributed by atoms with Crippen LogP contribution < -0.4 is 5.32 Å². The van der Waals surface area contributed by atoms with Crippen molar-refractivity contribution in [3.05, 3.63) is 35.9 Å². The average Bonchev–Trinajstić information content (AvgIpc) is 2.99. The molecule has 1 saturated heterocycles. The molecule has 1 fully saturated rings. The number of carbonyl (C=O) groups excluding carboxylic acids is 1. The first-order chi connectivity index (χ1) is 8.83. The molecular weight excluding hydrogens is 226 g/mol. The van der Waals surface area contributed by atoms with Gasteiger partial charge in [-0.2, -0.15) is 0 Å². The van der Waals surface area contributed by atoms with Crippen molar-refractivity contribution in [2.24, 2.45) is 0 Å². The van der Waals surface area contributed by atoms with Gasteiger partial charge in [-0.1, -0.05) is 30.3 Å². The fourth-order valence-corrected chi connectivity index (χ4v) is 1.81. The molecule has 1 aliphatic rings. The summed E-state index contributed by atoms with van der Waals surface area (Å²) in [7, 11) is 1.42. The van der Waals surface area contributed by atoms with Gasteiger partial charge in [0.2, 0.25) is 0 Å². The number of methoxy groups -OCH3 is 1. The number of benzene rings is 1. The van der Waals surface area contributed by atoms with Crippen LogP contribution in [0.1, 0.15) is 31.2 Å². The number of hydrogen-bond acceptors (Lipinski definition) is 3. The highest BCUT2D eigenvalue weighted by Gasteiger charge is 1.99. The lowest BCUT2D eigenvalue weighted by atomic mass is 10.1. The third-order valence-corrected chi connectivity index (χ3v) is 2.87. The number of hydrogen-bond donors (Lipinski definition) is 1. The van der Waals surface area contributed by atoms with Crippen LogP contribution in [0.15, 0.2) is 30.3 Å². The molecule has 2 rings (SSSR count). The minimum absolute atomic E-state index is 0.129. The Morgan fingerprint density at radius 3 is 2.39 bits per heavy atom. The van der Waals surface area contributed by atoms with Crippen molar-refractivity contribution in [3.8, 4) is 0 Å². The van der Waals surface area contributed by atoms with Crippen molar-refractivity contribution in [2.45, 2.75) is 32.1 Å². The van der Waals surface area contributed by atoms with Crippen LogP contribution in [0.25, 0.3) is 0 Å². The van der Waals surface area contributed by atoms with Crippen LogP contribution in [0.3, 0.4) is 0 Å². The van der Waals surface area contributed by atoms with E-state index in [1.54, 1.807) is 0 Å². The Labute approximate surface area is 110 Å².